The average molecular weight is 380 g/mol. The number of nitrogens with two attached hydrogens (primary N) is 1. The Balaban J connectivity index is 2.04. The maximum absolute atomic E-state index is 6.17. The molecule has 2 N–H and O–H groups in total. The molecule has 5 heteroatoms. The zero-order valence-electron chi connectivity index (χ0n) is 12.2. The molecule has 0 amide bonds. The summed E-state index contributed by atoms with van der Waals surface area (Å²) in [5, 5.41) is 0. The maximum atomic E-state index is 6.17. The summed E-state index contributed by atoms with van der Waals surface area (Å²) in [6, 6.07) is 3.07. The third-order valence-corrected chi connectivity index (χ3v) is 7.25. The van der Waals surface area contributed by atoms with Crippen LogP contribution in [-0.2, 0) is 0 Å². The Hall–Kier alpha value is 0.390. The molecule has 1 unspecified atom stereocenters. The van der Waals surface area contributed by atoms with Gasteiger partial charge in [0.25, 0.3) is 0 Å². The first-order chi connectivity index (χ1) is 9.56. The largest absolute Gasteiger partial charge is 0.329 e. The predicted octanol–water partition coefficient (Wildman–Crippen LogP) is 5.06. The topological polar surface area (TPSA) is 29.3 Å². The quantitative estimate of drug-likeness (QED) is 0.774. The second-order valence-corrected chi connectivity index (χ2v) is 8.31. The van der Waals surface area contributed by atoms with Crippen LogP contribution in [0.2, 0.25) is 4.34 Å². The second-order valence-electron chi connectivity index (χ2n) is 5.77. The molecule has 1 saturated carbocycles. The van der Waals surface area contributed by atoms with Crippen LogP contribution < -0.4 is 5.73 Å². The van der Waals surface area contributed by atoms with Crippen LogP contribution in [0.1, 0.15) is 49.9 Å². The van der Waals surface area contributed by atoms with E-state index in [0.29, 0.717) is 12.6 Å². The van der Waals surface area contributed by atoms with Crippen molar-refractivity contribution in [1.82, 2.24) is 4.90 Å². The van der Waals surface area contributed by atoms with Gasteiger partial charge >= 0.3 is 0 Å². The molecule has 20 heavy (non-hydrogen) atoms. The fourth-order valence-corrected chi connectivity index (χ4v) is 5.13. The lowest BCUT2D eigenvalue weighted by atomic mass is 9.83. The van der Waals surface area contributed by atoms with Crippen molar-refractivity contribution >= 4 is 38.9 Å². The summed E-state index contributed by atoms with van der Waals surface area (Å²) in [6.45, 7) is 2.95. The van der Waals surface area contributed by atoms with Crippen LogP contribution in [-0.4, -0.2) is 24.5 Å². The van der Waals surface area contributed by atoms with Crippen LogP contribution in [0.15, 0.2) is 10.5 Å². The van der Waals surface area contributed by atoms with E-state index in [2.05, 4.69) is 40.9 Å². The van der Waals surface area contributed by atoms with Gasteiger partial charge in [0, 0.05) is 21.9 Å². The normalized spacial score (nSPS) is 25.1. The molecule has 0 radical (unpaired) electrons. The molecule has 0 spiro atoms. The predicted molar refractivity (Wildman–Crippen MR) is 92.6 cm³/mol. The van der Waals surface area contributed by atoms with Crippen molar-refractivity contribution in [3.05, 3.63) is 19.8 Å². The zero-order valence-corrected chi connectivity index (χ0v) is 15.4. The molecule has 2 nitrogen and oxygen atoms in total. The van der Waals surface area contributed by atoms with Gasteiger partial charge in [-0.3, -0.25) is 4.90 Å². The molecule has 2 rings (SSSR count). The van der Waals surface area contributed by atoms with E-state index in [1.807, 2.05) is 0 Å². The van der Waals surface area contributed by atoms with E-state index in [0.717, 1.165) is 14.7 Å². The molecular formula is C15H24BrClN2S. The molecule has 114 valence electrons. The highest BCUT2D eigenvalue weighted by Crippen LogP contribution is 2.39. The Morgan fingerprint density at radius 1 is 1.45 bits per heavy atom. The Morgan fingerprint density at radius 2 is 2.10 bits per heavy atom. The van der Waals surface area contributed by atoms with Gasteiger partial charge in [0.15, 0.2) is 0 Å². The van der Waals surface area contributed by atoms with Crippen molar-refractivity contribution < 1.29 is 0 Å². The molecule has 1 fully saturated rings. The Labute approximate surface area is 139 Å². The minimum absolute atomic E-state index is 0.284. The highest BCUT2D eigenvalue weighted by molar-refractivity contribution is 9.10. The number of halogens is 2. The van der Waals surface area contributed by atoms with Crippen LogP contribution in [0, 0.1) is 5.92 Å². The third kappa shape index (κ3) is 3.77. The third-order valence-electron chi connectivity index (χ3n) is 4.68. The first kappa shape index (κ1) is 16.8. The van der Waals surface area contributed by atoms with Crippen molar-refractivity contribution in [2.24, 2.45) is 11.7 Å². The van der Waals surface area contributed by atoms with Gasteiger partial charge in [-0.1, -0.05) is 24.9 Å². The fourth-order valence-electron chi connectivity index (χ4n) is 3.23. The van der Waals surface area contributed by atoms with Crippen LogP contribution >= 0.6 is 38.9 Å². The van der Waals surface area contributed by atoms with Gasteiger partial charge in [0.2, 0.25) is 0 Å². The molecule has 1 aromatic rings. The van der Waals surface area contributed by atoms with E-state index < -0.39 is 0 Å². The van der Waals surface area contributed by atoms with Gasteiger partial charge in [-0.15, -0.1) is 11.3 Å². The van der Waals surface area contributed by atoms with E-state index in [9.17, 15) is 0 Å². The lowest BCUT2D eigenvalue weighted by Gasteiger charge is -2.38. The number of hydrogen-bond donors (Lipinski definition) is 1. The van der Waals surface area contributed by atoms with E-state index >= 15 is 0 Å². The SMILES string of the molecule is CCC1CCC(N(C)C(CN)c2cc(Br)c(Cl)s2)CC1. The second kappa shape index (κ2) is 7.59. The summed E-state index contributed by atoms with van der Waals surface area (Å²) in [5.41, 5.74) is 6.03. The van der Waals surface area contributed by atoms with E-state index in [-0.39, 0.29) is 6.04 Å². The minimum atomic E-state index is 0.284. The number of likely N-dealkylation sites (N-methyl/N-ethyl adjacent to an activating group) is 1. The average Bonchev–Trinajstić information content (AvgIpc) is 2.79. The molecule has 0 aromatic carbocycles. The minimum Gasteiger partial charge on any atom is -0.329 e. The summed E-state index contributed by atoms with van der Waals surface area (Å²) in [7, 11) is 2.22. The molecule has 1 atom stereocenters. The number of thiophene rings is 1. The molecule has 1 aliphatic rings. The lowest BCUT2D eigenvalue weighted by molar-refractivity contribution is 0.123. The number of rotatable bonds is 5. The summed E-state index contributed by atoms with van der Waals surface area (Å²) in [5.74, 6) is 0.932. The summed E-state index contributed by atoms with van der Waals surface area (Å²) >= 11 is 11.3. The van der Waals surface area contributed by atoms with Crippen molar-refractivity contribution in [2.45, 2.75) is 51.1 Å². The number of hydrogen-bond acceptors (Lipinski definition) is 3. The van der Waals surface area contributed by atoms with Gasteiger partial charge in [-0.2, -0.15) is 0 Å². The molecule has 0 bridgehead atoms. The summed E-state index contributed by atoms with van der Waals surface area (Å²) in [6.07, 6.45) is 6.64. The Kier molecular flexibility index (Phi) is 6.36. The van der Waals surface area contributed by atoms with E-state index in [1.54, 1.807) is 11.3 Å². The zero-order chi connectivity index (χ0) is 14.7. The van der Waals surface area contributed by atoms with Crippen LogP contribution in [0.4, 0.5) is 0 Å². The fraction of sp³-hybridized carbons (Fsp3) is 0.733. The van der Waals surface area contributed by atoms with Crippen LogP contribution in [0.3, 0.4) is 0 Å². The smallest absolute Gasteiger partial charge is 0.107 e. The molecule has 1 aliphatic carbocycles. The molecule has 0 aliphatic heterocycles. The number of nitrogens with zero attached hydrogens (tertiary/aromatic N) is 1. The highest BCUT2D eigenvalue weighted by atomic mass is 79.9. The van der Waals surface area contributed by atoms with Gasteiger partial charge in [0.1, 0.15) is 4.34 Å². The van der Waals surface area contributed by atoms with Gasteiger partial charge in [-0.25, -0.2) is 0 Å². The Bertz CT molecular complexity index is 410. The molecular weight excluding hydrogens is 356 g/mol. The van der Waals surface area contributed by atoms with E-state index in [4.69, 9.17) is 17.3 Å². The van der Waals surface area contributed by atoms with Crippen molar-refractivity contribution in [1.29, 1.82) is 0 Å². The van der Waals surface area contributed by atoms with Crippen molar-refractivity contribution in [3.8, 4) is 0 Å². The first-order valence-electron chi connectivity index (χ1n) is 7.43. The Morgan fingerprint density at radius 3 is 2.55 bits per heavy atom. The standard InChI is InChI=1S/C15H24BrClN2S/c1-3-10-4-6-11(7-5-10)19(2)13(9-18)14-8-12(16)15(17)20-14/h8,10-11,13H,3-7,9,18H2,1-2H3. The van der Waals surface area contributed by atoms with Crippen LogP contribution in [0.5, 0.6) is 0 Å². The molecule has 0 saturated heterocycles. The maximum Gasteiger partial charge on any atom is 0.107 e. The highest BCUT2D eigenvalue weighted by Gasteiger charge is 2.28. The van der Waals surface area contributed by atoms with Gasteiger partial charge < -0.3 is 5.73 Å². The lowest BCUT2D eigenvalue weighted by Crippen LogP contribution is -2.40. The van der Waals surface area contributed by atoms with E-state index in [1.165, 1.54) is 37.0 Å². The molecule has 1 aromatic heterocycles. The summed E-state index contributed by atoms with van der Waals surface area (Å²) < 4.78 is 1.81. The van der Waals surface area contributed by atoms with Crippen molar-refractivity contribution in [2.75, 3.05) is 13.6 Å². The first-order valence-corrected chi connectivity index (χ1v) is 9.42. The monoisotopic (exact) mass is 378 g/mol. The van der Waals surface area contributed by atoms with Crippen molar-refractivity contribution in [3.63, 3.8) is 0 Å². The van der Waals surface area contributed by atoms with Gasteiger partial charge in [-0.05, 0) is 60.6 Å². The molecule has 1 heterocycles. The summed E-state index contributed by atoms with van der Waals surface area (Å²) in [4.78, 5) is 3.74. The van der Waals surface area contributed by atoms with Gasteiger partial charge in [0.05, 0.1) is 6.04 Å². The van der Waals surface area contributed by atoms with Crippen LogP contribution in [0.25, 0.3) is 0 Å².